The van der Waals surface area contributed by atoms with Crippen LogP contribution < -0.4 is 0 Å². The Morgan fingerprint density at radius 1 is 1.35 bits per heavy atom. The van der Waals surface area contributed by atoms with Crippen LogP contribution in [0.25, 0.3) is 0 Å². The van der Waals surface area contributed by atoms with E-state index in [-0.39, 0.29) is 17.8 Å². The highest BCUT2D eigenvalue weighted by Crippen LogP contribution is 2.20. The normalized spacial score (nSPS) is 17.2. The molecule has 1 aliphatic rings. The summed E-state index contributed by atoms with van der Waals surface area (Å²) >= 11 is 0. The molecule has 0 saturated carbocycles. The Labute approximate surface area is 100 Å². The number of likely N-dealkylation sites (tertiary alicyclic amines) is 1. The maximum Gasteiger partial charge on any atom is 0.253 e. The van der Waals surface area contributed by atoms with E-state index in [0.29, 0.717) is 31.5 Å². The van der Waals surface area contributed by atoms with E-state index in [4.69, 9.17) is 0 Å². The van der Waals surface area contributed by atoms with Crippen LogP contribution in [0.4, 0.5) is 0 Å². The van der Waals surface area contributed by atoms with E-state index >= 15 is 0 Å². The number of hydrogen-bond acceptors (Lipinski definition) is 3. The molecule has 0 spiro atoms. The van der Waals surface area contributed by atoms with Crippen LogP contribution in [0.3, 0.4) is 0 Å². The molecule has 1 aromatic rings. The van der Waals surface area contributed by atoms with Crippen LogP contribution in [0.5, 0.6) is 5.75 Å². The van der Waals surface area contributed by atoms with Crippen molar-refractivity contribution in [3.63, 3.8) is 0 Å². The molecule has 0 atom stereocenters. The van der Waals surface area contributed by atoms with E-state index in [1.54, 1.807) is 24.0 Å². The molecule has 2 N–H and O–H groups in total. The molecule has 1 aromatic carbocycles. The van der Waals surface area contributed by atoms with Crippen molar-refractivity contribution < 1.29 is 15.0 Å². The molecule has 1 saturated heterocycles. The summed E-state index contributed by atoms with van der Waals surface area (Å²) in [7, 11) is 0. The van der Waals surface area contributed by atoms with Crippen molar-refractivity contribution in [1.29, 1.82) is 0 Å². The lowest BCUT2D eigenvalue weighted by Gasteiger charge is -2.29. The summed E-state index contributed by atoms with van der Waals surface area (Å²) in [5.41, 5.74) is 1.26. The molecular formula is C13H17NO3. The van der Waals surface area contributed by atoms with Crippen LogP contribution in [0.15, 0.2) is 18.2 Å². The van der Waals surface area contributed by atoms with Crippen molar-refractivity contribution in [2.75, 3.05) is 13.1 Å². The molecule has 0 unspecified atom stereocenters. The van der Waals surface area contributed by atoms with E-state index in [0.717, 1.165) is 5.56 Å². The predicted molar refractivity (Wildman–Crippen MR) is 64.0 cm³/mol. The van der Waals surface area contributed by atoms with Crippen LogP contribution in [0.1, 0.15) is 28.8 Å². The molecular weight excluding hydrogens is 218 g/mol. The lowest BCUT2D eigenvalue weighted by Crippen LogP contribution is -2.40. The molecule has 92 valence electrons. The molecule has 1 heterocycles. The number of phenolic OH excluding ortho intramolecular Hbond substituents is 1. The lowest BCUT2D eigenvalue weighted by atomic mass is 10.1. The second kappa shape index (κ2) is 4.75. The zero-order chi connectivity index (χ0) is 12.4. The van der Waals surface area contributed by atoms with Crippen molar-refractivity contribution in [2.45, 2.75) is 25.9 Å². The highest BCUT2D eigenvalue weighted by atomic mass is 16.3. The molecule has 0 aromatic heterocycles. The van der Waals surface area contributed by atoms with Crippen LogP contribution in [-0.4, -0.2) is 40.2 Å². The van der Waals surface area contributed by atoms with Crippen LogP contribution in [-0.2, 0) is 0 Å². The second-order valence-electron chi connectivity index (χ2n) is 4.52. The number of phenols is 1. The highest BCUT2D eigenvalue weighted by Gasteiger charge is 2.22. The maximum atomic E-state index is 12.1. The molecule has 1 aliphatic heterocycles. The summed E-state index contributed by atoms with van der Waals surface area (Å²) in [4.78, 5) is 13.8. The van der Waals surface area contributed by atoms with Crippen LogP contribution in [0.2, 0.25) is 0 Å². The van der Waals surface area contributed by atoms with E-state index in [1.165, 1.54) is 6.07 Å². The molecule has 1 fully saturated rings. The lowest BCUT2D eigenvalue weighted by molar-refractivity contribution is 0.0546. The van der Waals surface area contributed by atoms with Gasteiger partial charge in [-0.25, -0.2) is 0 Å². The number of carbonyl (C=O) groups excluding carboxylic acids is 1. The van der Waals surface area contributed by atoms with Gasteiger partial charge in [-0.05, 0) is 37.5 Å². The third kappa shape index (κ3) is 2.58. The topological polar surface area (TPSA) is 60.8 Å². The van der Waals surface area contributed by atoms with Gasteiger partial charge in [0.25, 0.3) is 5.91 Å². The number of aliphatic hydroxyl groups is 1. The van der Waals surface area contributed by atoms with Gasteiger partial charge in [0.15, 0.2) is 0 Å². The molecule has 0 aliphatic carbocycles. The number of aliphatic hydroxyl groups excluding tert-OH is 1. The Morgan fingerprint density at radius 2 is 2.00 bits per heavy atom. The minimum atomic E-state index is -0.287. The number of rotatable bonds is 1. The highest BCUT2D eigenvalue weighted by molar-refractivity contribution is 5.94. The van der Waals surface area contributed by atoms with Gasteiger partial charge >= 0.3 is 0 Å². The summed E-state index contributed by atoms with van der Waals surface area (Å²) in [6.07, 6.45) is 0.971. The summed E-state index contributed by atoms with van der Waals surface area (Å²) in [6.45, 7) is 2.95. The zero-order valence-electron chi connectivity index (χ0n) is 9.89. The van der Waals surface area contributed by atoms with E-state index in [2.05, 4.69) is 0 Å². The Bertz CT molecular complexity index is 423. The summed E-state index contributed by atoms with van der Waals surface area (Å²) in [6, 6.07) is 4.96. The van der Waals surface area contributed by atoms with Gasteiger partial charge in [0.05, 0.1) is 6.10 Å². The van der Waals surface area contributed by atoms with Crippen molar-refractivity contribution in [3.8, 4) is 5.75 Å². The van der Waals surface area contributed by atoms with Gasteiger partial charge in [-0.15, -0.1) is 0 Å². The number of benzene rings is 1. The van der Waals surface area contributed by atoms with Crippen LogP contribution >= 0.6 is 0 Å². The SMILES string of the molecule is Cc1ccc(C(=O)N2CCC(O)CC2)cc1O. The molecule has 4 nitrogen and oxygen atoms in total. The standard InChI is InChI=1S/C13H17NO3/c1-9-2-3-10(8-12(9)16)13(17)14-6-4-11(15)5-7-14/h2-3,8,11,15-16H,4-7H2,1H3. The maximum absolute atomic E-state index is 12.1. The van der Waals surface area contributed by atoms with E-state index in [1.807, 2.05) is 0 Å². The number of amides is 1. The Kier molecular flexibility index (Phi) is 3.33. The number of piperidine rings is 1. The van der Waals surface area contributed by atoms with Gasteiger partial charge in [-0.1, -0.05) is 6.07 Å². The average molecular weight is 235 g/mol. The monoisotopic (exact) mass is 235 g/mol. The molecule has 4 heteroatoms. The molecule has 0 radical (unpaired) electrons. The number of aromatic hydroxyl groups is 1. The first-order valence-electron chi connectivity index (χ1n) is 5.85. The largest absolute Gasteiger partial charge is 0.508 e. The average Bonchev–Trinajstić information content (AvgIpc) is 2.33. The van der Waals surface area contributed by atoms with Gasteiger partial charge in [0, 0.05) is 18.7 Å². The van der Waals surface area contributed by atoms with Gasteiger partial charge in [-0.3, -0.25) is 4.79 Å². The van der Waals surface area contributed by atoms with E-state index < -0.39 is 0 Å². The fourth-order valence-corrected chi connectivity index (χ4v) is 1.99. The Hall–Kier alpha value is -1.55. The number of aryl methyl sites for hydroxylation is 1. The zero-order valence-corrected chi connectivity index (χ0v) is 9.89. The smallest absolute Gasteiger partial charge is 0.253 e. The fraction of sp³-hybridized carbons (Fsp3) is 0.462. The Balaban J connectivity index is 2.11. The van der Waals surface area contributed by atoms with Crippen molar-refractivity contribution in [3.05, 3.63) is 29.3 Å². The summed E-state index contributed by atoms with van der Waals surface area (Å²) in [5.74, 6) is 0.0695. The quantitative estimate of drug-likeness (QED) is 0.771. The Morgan fingerprint density at radius 3 is 2.59 bits per heavy atom. The van der Waals surface area contributed by atoms with Crippen molar-refractivity contribution in [2.24, 2.45) is 0 Å². The minimum absolute atomic E-state index is 0.0767. The van der Waals surface area contributed by atoms with Crippen molar-refractivity contribution in [1.82, 2.24) is 4.90 Å². The first kappa shape index (κ1) is 11.9. The van der Waals surface area contributed by atoms with Crippen LogP contribution in [0, 0.1) is 6.92 Å². The van der Waals surface area contributed by atoms with Gasteiger partial charge in [-0.2, -0.15) is 0 Å². The molecule has 1 amide bonds. The fourth-order valence-electron chi connectivity index (χ4n) is 1.99. The number of nitrogens with zero attached hydrogens (tertiary/aromatic N) is 1. The molecule has 2 rings (SSSR count). The van der Waals surface area contributed by atoms with Gasteiger partial charge in [0.1, 0.15) is 5.75 Å². The second-order valence-corrected chi connectivity index (χ2v) is 4.52. The predicted octanol–water partition coefficient (Wildman–Crippen LogP) is 1.30. The van der Waals surface area contributed by atoms with Gasteiger partial charge in [0.2, 0.25) is 0 Å². The van der Waals surface area contributed by atoms with Gasteiger partial charge < -0.3 is 15.1 Å². The van der Waals surface area contributed by atoms with Crippen molar-refractivity contribution >= 4 is 5.91 Å². The minimum Gasteiger partial charge on any atom is -0.508 e. The molecule has 17 heavy (non-hydrogen) atoms. The first-order valence-corrected chi connectivity index (χ1v) is 5.85. The molecule has 0 bridgehead atoms. The first-order chi connectivity index (χ1) is 8.08. The summed E-state index contributed by atoms with van der Waals surface area (Å²) in [5, 5.41) is 19.0. The number of carbonyl (C=O) groups is 1. The number of hydrogen-bond donors (Lipinski definition) is 2. The van der Waals surface area contributed by atoms with E-state index in [9.17, 15) is 15.0 Å². The third-order valence-corrected chi connectivity index (χ3v) is 3.21. The summed E-state index contributed by atoms with van der Waals surface area (Å²) < 4.78 is 0. The third-order valence-electron chi connectivity index (χ3n) is 3.21.